The lowest BCUT2D eigenvalue weighted by atomic mass is 9.93. The van der Waals surface area contributed by atoms with Gasteiger partial charge in [0.25, 0.3) is 10.1 Å². The molecule has 1 aliphatic heterocycles. The van der Waals surface area contributed by atoms with Crippen LogP contribution in [0.3, 0.4) is 0 Å². The molecule has 26 heavy (non-hydrogen) atoms. The molecule has 0 saturated heterocycles. The first-order valence-corrected chi connectivity index (χ1v) is 10.2. The summed E-state index contributed by atoms with van der Waals surface area (Å²) in [6.45, 7) is 0.684. The maximum absolute atomic E-state index is 11.3. The summed E-state index contributed by atoms with van der Waals surface area (Å²) in [5.41, 5.74) is 2.99. The lowest BCUT2D eigenvalue weighted by molar-refractivity contribution is 0.221. The fourth-order valence-electron chi connectivity index (χ4n) is 2.99. The van der Waals surface area contributed by atoms with Crippen molar-refractivity contribution >= 4 is 21.5 Å². The van der Waals surface area contributed by atoms with Crippen LogP contribution < -0.4 is 14.4 Å². The van der Waals surface area contributed by atoms with Crippen molar-refractivity contribution in [3.05, 3.63) is 48.0 Å². The minimum Gasteiger partial charge on any atom is -0.497 e. The molecule has 2 aromatic rings. The Morgan fingerprint density at radius 2 is 1.85 bits per heavy atom. The third kappa shape index (κ3) is 4.28. The van der Waals surface area contributed by atoms with E-state index in [1.807, 2.05) is 49.5 Å². The van der Waals surface area contributed by atoms with Gasteiger partial charge >= 0.3 is 0 Å². The van der Waals surface area contributed by atoms with Crippen molar-refractivity contribution in [1.29, 1.82) is 0 Å². The van der Waals surface area contributed by atoms with Crippen molar-refractivity contribution in [2.24, 2.45) is 0 Å². The van der Waals surface area contributed by atoms with E-state index in [-0.39, 0.29) is 12.5 Å². The van der Waals surface area contributed by atoms with Gasteiger partial charge in [0, 0.05) is 30.4 Å². The molecular weight excluding hydrogens is 354 g/mol. The first-order valence-electron chi connectivity index (χ1n) is 8.36. The maximum atomic E-state index is 11.3. The van der Waals surface area contributed by atoms with Gasteiger partial charge in [-0.3, -0.25) is 4.18 Å². The highest BCUT2D eigenvalue weighted by molar-refractivity contribution is 7.85. The summed E-state index contributed by atoms with van der Waals surface area (Å²) >= 11 is 0. The summed E-state index contributed by atoms with van der Waals surface area (Å²) in [6, 6.07) is 13.8. The van der Waals surface area contributed by atoms with Crippen molar-refractivity contribution in [3.63, 3.8) is 0 Å². The van der Waals surface area contributed by atoms with Crippen LogP contribution in [0.25, 0.3) is 0 Å². The second-order valence-corrected chi connectivity index (χ2v) is 7.95. The lowest BCUT2D eigenvalue weighted by Gasteiger charge is -2.28. The molecule has 2 aromatic carbocycles. The Bertz CT molecular complexity index is 864. The van der Waals surface area contributed by atoms with E-state index >= 15 is 0 Å². The van der Waals surface area contributed by atoms with Gasteiger partial charge in [0.1, 0.15) is 11.5 Å². The van der Waals surface area contributed by atoms with Crippen LogP contribution >= 0.6 is 0 Å². The normalized spacial score (nSPS) is 16.5. The van der Waals surface area contributed by atoms with Crippen LogP contribution in [0.15, 0.2) is 42.5 Å². The topological polar surface area (TPSA) is 65.1 Å². The summed E-state index contributed by atoms with van der Waals surface area (Å²) < 4.78 is 38.5. The first-order chi connectivity index (χ1) is 12.4. The van der Waals surface area contributed by atoms with Gasteiger partial charge in [-0.15, -0.1) is 0 Å². The SMILES string of the molecule is COc1ccc(N(C)c2ccc3c(c2)OCCC3COS(C)(=O)=O)cc1. The van der Waals surface area contributed by atoms with Crippen molar-refractivity contribution in [1.82, 2.24) is 0 Å². The molecule has 6 nitrogen and oxygen atoms in total. The molecule has 0 bridgehead atoms. The predicted molar refractivity (Wildman–Crippen MR) is 101 cm³/mol. The molecule has 0 spiro atoms. The van der Waals surface area contributed by atoms with Crippen LogP contribution in [-0.4, -0.2) is 42.0 Å². The highest BCUT2D eigenvalue weighted by Gasteiger charge is 2.24. The zero-order valence-electron chi connectivity index (χ0n) is 15.1. The number of rotatable bonds is 6. The van der Waals surface area contributed by atoms with Gasteiger partial charge < -0.3 is 14.4 Å². The summed E-state index contributed by atoms with van der Waals surface area (Å²) in [5.74, 6) is 1.59. The Hall–Kier alpha value is -2.25. The molecule has 0 radical (unpaired) electrons. The van der Waals surface area contributed by atoms with Gasteiger partial charge in [0.05, 0.1) is 26.6 Å². The van der Waals surface area contributed by atoms with E-state index in [9.17, 15) is 8.42 Å². The molecule has 140 valence electrons. The molecule has 1 unspecified atom stereocenters. The standard InChI is InChI=1S/C19H23NO5S/c1-20(15-4-7-17(23-2)8-5-15)16-6-9-18-14(13-25-26(3,21)22)10-11-24-19(18)12-16/h4-9,12,14H,10-11,13H2,1-3H3. The van der Waals surface area contributed by atoms with Crippen molar-refractivity contribution < 1.29 is 22.1 Å². The molecule has 0 amide bonds. The second kappa shape index (κ2) is 7.55. The highest BCUT2D eigenvalue weighted by Crippen LogP contribution is 2.38. The van der Waals surface area contributed by atoms with E-state index in [2.05, 4.69) is 4.90 Å². The third-order valence-electron chi connectivity index (χ3n) is 4.49. The average Bonchev–Trinajstić information content (AvgIpc) is 2.64. The van der Waals surface area contributed by atoms with E-state index in [1.54, 1.807) is 7.11 Å². The Morgan fingerprint density at radius 1 is 1.15 bits per heavy atom. The van der Waals surface area contributed by atoms with Gasteiger partial charge in [-0.05, 0) is 42.3 Å². The van der Waals surface area contributed by atoms with Crippen LogP contribution in [-0.2, 0) is 14.3 Å². The van der Waals surface area contributed by atoms with E-state index < -0.39 is 10.1 Å². The Morgan fingerprint density at radius 3 is 2.50 bits per heavy atom. The fourth-order valence-corrected chi connectivity index (χ4v) is 3.41. The van der Waals surface area contributed by atoms with Crippen LogP contribution in [0.4, 0.5) is 11.4 Å². The maximum Gasteiger partial charge on any atom is 0.264 e. The molecule has 7 heteroatoms. The van der Waals surface area contributed by atoms with E-state index in [0.717, 1.165) is 41.1 Å². The van der Waals surface area contributed by atoms with E-state index in [4.69, 9.17) is 13.7 Å². The molecule has 0 aromatic heterocycles. The number of hydrogen-bond donors (Lipinski definition) is 0. The summed E-state index contributed by atoms with van der Waals surface area (Å²) in [6.07, 6.45) is 1.80. The number of anilines is 2. The fraction of sp³-hybridized carbons (Fsp3) is 0.368. The van der Waals surface area contributed by atoms with Gasteiger partial charge in [0.15, 0.2) is 0 Å². The van der Waals surface area contributed by atoms with Crippen LogP contribution in [0.1, 0.15) is 17.9 Å². The number of nitrogens with zero attached hydrogens (tertiary/aromatic N) is 1. The number of methoxy groups -OCH3 is 1. The third-order valence-corrected chi connectivity index (χ3v) is 5.06. The molecule has 1 heterocycles. The number of hydrogen-bond acceptors (Lipinski definition) is 6. The van der Waals surface area contributed by atoms with Crippen molar-refractivity contribution in [3.8, 4) is 11.5 Å². The molecule has 0 fully saturated rings. The quantitative estimate of drug-likeness (QED) is 0.720. The monoisotopic (exact) mass is 377 g/mol. The summed E-state index contributed by atoms with van der Waals surface area (Å²) in [4.78, 5) is 2.06. The van der Waals surface area contributed by atoms with Crippen LogP contribution in [0.2, 0.25) is 0 Å². The van der Waals surface area contributed by atoms with Crippen molar-refractivity contribution in [2.75, 3.05) is 38.5 Å². The Labute approximate surface area is 154 Å². The minimum absolute atomic E-state index is 0.00816. The van der Waals surface area contributed by atoms with Gasteiger partial charge in [-0.2, -0.15) is 8.42 Å². The van der Waals surface area contributed by atoms with Gasteiger partial charge in [-0.25, -0.2) is 0 Å². The van der Waals surface area contributed by atoms with Gasteiger partial charge in [-0.1, -0.05) is 6.07 Å². The van der Waals surface area contributed by atoms with E-state index in [1.165, 1.54) is 0 Å². The second-order valence-electron chi connectivity index (χ2n) is 6.30. The van der Waals surface area contributed by atoms with Gasteiger partial charge in [0.2, 0.25) is 0 Å². The first kappa shape index (κ1) is 18.5. The zero-order chi connectivity index (χ0) is 18.7. The molecular formula is C19H23NO5S. The van der Waals surface area contributed by atoms with E-state index in [0.29, 0.717) is 6.61 Å². The van der Waals surface area contributed by atoms with Crippen molar-refractivity contribution in [2.45, 2.75) is 12.3 Å². The lowest BCUT2D eigenvalue weighted by Crippen LogP contribution is -2.20. The molecule has 0 N–H and O–H groups in total. The molecule has 1 aliphatic rings. The average molecular weight is 377 g/mol. The highest BCUT2D eigenvalue weighted by atomic mass is 32.2. The number of ether oxygens (including phenoxy) is 2. The molecule has 0 aliphatic carbocycles. The molecule has 1 atom stereocenters. The largest absolute Gasteiger partial charge is 0.497 e. The smallest absolute Gasteiger partial charge is 0.264 e. The van der Waals surface area contributed by atoms with Crippen LogP contribution in [0.5, 0.6) is 11.5 Å². The number of fused-ring (bicyclic) bond motifs is 1. The Kier molecular flexibility index (Phi) is 5.38. The zero-order valence-corrected chi connectivity index (χ0v) is 16.0. The summed E-state index contributed by atoms with van der Waals surface area (Å²) in [7, 11) is 0.176. The molecule has 3 rings (SSSR count). The minimum atomic E-state index is -3.45. The Balaban J connectivity index is 1.81. The number of benzene rings is 2. The van der Waals surface area contributed by atoms with Crippen LogP contribution in [0, 0.1) is 0 Å². The predicted octanol–water partition coefficient (Wildman–Crippen LogP) is 3.31. The molecule has 0 saturated carbocycles. The summed E-state index contributed by atoms with van der Waals surface area (Å²) in [5, 5.41) is 0.